The van der Waals surface area contributed by atoms with Gasteiger partial charge in [-0.05, 0) is 12.8 Å². The Kier molecular flexibility index (Phi) is 7.74. The molecule has 16 heavy (non-hydrogen) atoms. The number of alkyl halides is 4. The van der Waals surface area contributed by atoms with E-state index in [1.807, 2.05) is 6.92 Å². The predicted octanol–water partition coefficient (Wildman–Crippen LogP) is 2.25. The Morgan fingerprint density at radius 3 is 2.62 bits per heavy atom. The van der Waals surface area contributed by atoms with Crippen LogP contribution in [0.25, 0.3) is 0 Å². The molecule has 0 aliphatic heterocycles. The van der Waals surface area contributed by atoms with E-state index in [-0.39, 0.29) is 0 Å². The van der Waals surface area contributed by atoms with E-state index < -0.39 is 25.3 Å². The minimum Gasteiger partial charge on any atom is -0.362 e. The highest BCUT2D eigenvalue weighted by Crippen LogP contribution is 2.14. The van der Waals surface area contributed by atoms with Crippen LogP contribution in [-0.4, -0.2) is 36.7 Å². The van der Waals surface area contributed by atoms with E-state index in [2.05, 4.69) is 26.0 Å². The highest BCUT2D eigenvalue weighted by molar-refractivity contribution is 9.09. The molecule has 1 atom stereocenters. The minimum absolute atomic E-state index is 0.367. The fourth-order valence-corrected chi connectivity index (χ4v) is 1.25. The van der Waals surface area contributed by atoms with Gasteiger partial charge in [-0.2, -0.15) is 13.2 Å². The van der Waals surface area contributed by atoms with Crippen LogP contribution >= 0.6 is 15.9 Å². The Balaban J connectivity index is 3.39. The fourth-order valence-electron chi connectivity index (χ4n) is 0.922. The number of carbonyl (C=O) groups excluding carboxylic acids is 1. The summed E-state index contributed by atoms with van der Waals surface area (Å²) in [4.78, 5) is 11.3. The van der Waals surface area contributed by atoms with Crippen molar-refractivity contribution in [2.75, 3.05) is 19.8 Å². The number of ether oxygens (including phenoxy) is 1. The summed E-state index contributed by atoms with van der Waals surface area (Å²) in [6.45, 7) is 0.487. The first kappa shape index (κ1) is 15.7. The molecular weight excluding hydrogens is 291 g/mol. The maximum absolute atomic E-state index is 11.6. The van der Waals surface area contributed by atoms with Crippen molar-refractivity contribution < 1.29 is 22.7 Å². The van der Waals surface area contributed by atoms with E-state index in [1.165, 1.54) is 0 Å². The van der Waals surface area contributed by atoms with E-state index in [0.29, 0.717) is 11.4 Å². The van der Waals surface area contributed by atoms with Crippen LogP contribution in [0.15, 0.2) is 0 Å². The minimum atomic E-state index is -4.38. The number of amides is 1. The predicted molar refractivity (Wildman–Crippen MR) is 57.5 cm³/mol. The number of halogens is 4. The maximum Gasteiger partial charge on any atom is 0.411 e. The Labute approximate surface area is 101 Å². The van der Waals surface area contributed by atoms with Gasteiger partial charge in [-0.15, -0.1) is 0 Å². The van der Waals surface area contributed by atoms with Gasteiger partial charge in [0.1, 0.15) is 13.2 Å². The van der Waals surface area contributed by atoms with E-state index >= 15 is 0 Å². The second-order valence-corrected chi connectivity index (χ2v) is 4.94. The van der Waals surface area contributed by atoms with Crippen LogP contribution < -0.4 is 5.32 Å². The SMILES string of the molecule is CC(Br)CCCNC(=O)COCC(F)(F)F. The van der Waals surface area contributed by atoms with Gasteiger partial charge in [0.2, 0.25) is 5.91 Å². The van der Waals surface area contributed by atoms with E-state index in [4.69, 9.17) is 0 Å². The average molecular weight is 306 g/mol. The third-order valence-corrected chi connectivity index (χ3v) is 2.06. The summed E-state index contributed by atoms with van der Waals surface area (Å²) in [5.41, 5.74) is 0. The molecule has 0 fully saturated rings. The number of hydrogen-bond acceptors (Lipinski definition) is 2. The molecule has 0 aromatic heterocycles. The molecular formula is C9H15BrF3NO2. The zero-order valence-electron chi connectivity index (χ0n) is 8.94. The summed E-state index contributed by atoms with van der Waals surface area (Å²) in [7, 11) is 0. The van der Waals surface area contributed by atoms with Gasteiger partial charge in [-0.3, -0.25) is 4.79 Å². The lowest BCUT2D eigenvalue weighted by atomic mass is 10.2. The lowest BCUT2D eigenvalue weighted by Crippen LogP contribution is -2.30. The van der Waals surface area contributed by atoms with Crippen molar-refractivity contribution >= 4 is 21.8 Å². The summed E-state index contributed by atoms with van der Waals surface area (Å²) >= 11 is 3.34. The van der Waals surface area contributed by atoms with Crippen LogP contribution in [0.2, 0.25) is 0 Å². The third-order valence-electron chi connectivity index (χ3n) is 1.60. The van der Waals surface area contributed by atoms with Crippen molar-refractivity contribution in [3.05, 3.63) is 0 Å². The Morgan fingerprint density at radius 2 is 2.12 bits per heavy atom. The lowest BCUT2D eigenvalue weighted by molar-refractivity contribution is -0.175. The molecule has 0 aromatic rings. The van der Waals surface area contributed by atoms with Gasteiger partial charge < -0.3 is 10.1 Å². The number of nitrogens with one attached hydrogen (secondary N) is 1. The molecule has 7 heteroatoms. The maximum atomic E-state index is 11.6. The summed E-state index contributed by atoms with van der Waals surface area (Å²) in [6, 6.07) is 0. The molecule has 3 nitrogen and oxygen atoms in total. The van der Waals surface area contributed by atoms with Gasteiger partial charge in [0.05, 0.1) is 0 Å². The Bertz CT molecular complexity index is 209. The summed E-state index contributed by atoms with van der Waals surface area (Å²) in [5.74, 6) is -0.522. The molecule has 0 heterocycles. The van der Waals surface area contributed by atoms with Crippen molar-refractivity contribution in [3.8, 4) is 0 Å². The molecule has 1 N–H and O–H groups in total. The highest BCUT2D eigenvalue weighted by Gasteiger charge is 2.27. The van der Waals surface area contributed by atoms with Crippen LogP contribution in [0.1, 0.15) is 19.8 Å². The van der Waals surface area contributed by atoms with Gasteiger partial charge in [0.25, 0.3) is 0 Å². The molecule has 0 spiro atoms. The van der Waals surface area contributed by atoms with Crippen molar-refractivity contribution in [2.24, 2.45) is 0 Å². The third kappa shape index (κ3) is 11.8. The zero-order chi connectivity index (χ0) is 12.6. The molecule has 0 aliphatic rings. The molecule has 0 saturated heterocycles. The first-order chi connectivity index (χ1) is 7.31. The van der Waals surface area contributed by atoms with Crippen molar-refractivity contribution in [2.45, 2.75) is 30.8 Å². The molecule has 1 amide bonds. The average Bonchev–Trinajstić information content (AvgIpc) is 2.10. The summed E-state index contributed by atoms with van der Waals surface area (Å²) < 4.78 is 39.1. The molecule has 1 unspecified atom stereocenters. The monoisotopic (exact) mass is 305 g/mol. The lowest BCUT2D eigenvalue weighted by Gasteiger charge is -2.08. The second-order valence-electron chi connectivity index (χ2n) is 3.38. The fraction of sp³-hybridized carbons (Fsp3) is 0.889. The first-order valence-corrected chi connectivity index (χ1v) is 5.78. The zero-order valence-corrected chi connectivity index (χ0v) is 10.5. The Morgan fingerprint density at radius 1 is 1.50 bits per heavy atom. The molecule has 0 radical (unpaired) electrons. The van der Waals surface area contributed by atoms with Crippen LogP contribution in [-0.2, 0) is 9.53 Å². The van der Waals surface area contributed by atoms with Gasteiger partial charge >= 0.3 is 6.18 Å². The van der Waals surface area contributed by atoms with Gasteiger partial charge in [0, 0.05) is 11.4 Å². The summed E-state index contributed by atoms with van der Waals surface area (Å²) in [6.07, 6.45) is -2.72. The normalized spacial score (nSPS) is 13.6. The smallest absolute Gasteiger partial charge is 0.362 e. The summed E-state index contributed by atoms with van der Waals surface area (Å²) in [5, 5.41) is 2.47. The van der Waals surface area contributed by atoms with Crippen LogP contribution in [0, 0.1) is 0 Å². The van der Waals surface area contributed by atoms with Crippen LogP contribution in [0.4, 0.5) is 13.2 Å². The van der Waals surface area contributed by atoms with E-state index in [1.54, 1.807) is 0 Å². The van der Waals surface area contributed by atoms with Crippen LogP contribution in [0.3, 0.4) is 0 Å². The Hall–Kier alpha value is -0.300. The molecule has 0 aromatic carbocycles. The number of hydrogen-bond donors (Lipinski definition) is 1. The molecule has 0 saturated carbocycles. The molecule has 96 valence electrons. The first-order valence-electron chi connectivity index (χ1n) is 4.86. The standard InChI is InChI=1S/C9H15BrF3NO2/c1-7(10)3-2-4-14-8(15)5-16-6-9(11,12)13/h7H,2-6H2,1H3,(H,14,15). The molecule has 0 aliphatic carbocycles. The van der Waals surface area contributed by atoms with Crippen molar-refractivity contribution in [3.63, 3.8) is 0 Å². The van der Waals surface area contributed by atoms with E-state index in [0.717, 1.165) is 12.8 Å². The van der Waals surface area contributed by atoms with Gasteiger partial charge in [-0.25, -0.2) is 0 Å². The quantitative estimate of drug-likeness (QED) is 0.579. The molecule has 0 rings (SSSR count). The van der Waals surface area contributed by atoms with Gasteiger partial charge in [0.15, 0.2) is 0 Å². The number of carbonyl (C=O) groups is 1. The van der Waals surface area contributed by atoms with Crippen molar-refractivity contribution in [1.29, 1.82) is 0 Å². The molecule has 0 bridgehead atoms. The van der Waals surface area contributed by atoms with E-state index in [9.17, 15) is 18.0 Å². The van der Waals surface area contributed by atoms with Crippen molar-refractivity contribution in [1.82, 2.24) is 5.32 Å². The largest absolute Gasteiger partial charge is 0.411 e. The van der Waals surface area contributed by atoms with Gasteiger partial charge in [-0.1, -0.05) is 22.9 Å². The number of rotatable bonds is 7. The van der Waals surface area contributed by atoms with Crippen LogP contribution in [0.5, 0.6) is 0 Å². The highest BCUT2D eigenvalue weighted by atomic mass is 79.9. The topological polar surface area (TPSA) is 38.3 Å². The second kappa shape index (κ2) is 7.89.